The Kier molecular flexibility index (Phi) is 4.76. The van der Waals surface area contributed by atoms with Gasteiger partial charge in [-0.3, -0.25) is 9.59 Å². The number of Topliss-reactive ketones (excluding diaryl/α,β-unsaturated/α-hetero) is 1. The van der Waals surface area contributed by atoms with E-state index in [0.29, 0.717) is 30.0 Å². The second kappa shape index (κ2) is 7.21. The van der Waals surface area contributed by atoms with Crippen LogP contribution in [0.25, 0.3) is 0 Å². The Balaban J connectivity index is 1.33. The zero-order valence-corrected chi connectivity index (χ0v) is 18.2. The van der Waals surface area contributed by atoms with Crippen molar-refractivity contribution in [2.24, 2.45) is 28.6 Å². The highest BCUT2D eigenvalue weighted by Crippen LogP contribution is 2.65. The van der Waals surface area contributed by atoms with Gasteiger partial charge >= 0.3 is 0 Å². The quantitative estimate of drug-likeness (QED) is 0.646. The van der Waals surface area contributed by atoms with E-state index in [-0.39, 0.29) is 23.2 Å². The van der Waals surface area contributed by atoms with Gasteiger partial charge in [-0.15, -0.1) is 0 Å². The van der Waals surface area contributed by atoms with Crippen LogP contribution in [0.3, 0.4) is 0 Å². The number of hydrogen-bond acceptors (Lipinski definition) is 3. The molecular formula is C27H32O3. The maximum Gasteiger partial charge on any atom is 0.196 e. The summed E-state index contributed by atoms with van der Waals surface area (Å²) < 4.78 is 5.78. The van der Waals surface area contributed by atoms with E-state index in [9.17, 15) is 9.59 Å². The fourth-order valence-corrected chi connectivity index (χ4v) is 7.30. The topological polar surface area (TPSA) is 43.4 Å². The fourth-order valence-electron chi connectivity index (χ4n) is 7.30. The number of carbonyl (C=O) groups is 2. The fraction of sp³-hybridized carbons (Fsp3) is 0.556. The van der Waals surface area contributed by atoms with E-state index in [4.69, 9.17) is 4.74 Å². The lowest BCUT2D eigenvalue weighted by Crippen LogP contribution is -2.50. The summed E-state index contributed by atoms with van der Waals surface area (Å²) in [5.74, 6) is 3.05. The van der Waals surface area contributed by atoms with Crippen LogP contribution >= 0.6 is 0 Å². The number of hydrogen-bond donors (Lipinski definition) is 0. The predicted molar refractivity (Wildman–Crippen MR) is 117 cm³/mol. The van der Waals surface area contributed by atoms with Crippen molar-refractivity contribution in [1.29, 1.82) is 0 Å². The van der Waals surface area contributed by atoms with Gasteiger partial charge in [0.25, 0.3) is 0 Å². The molecule has 3 heteroatoms. The van der Waals surface area contributed by atoms with Crippen molar-refractivity contribution in [2.45, 2.75) is 58.8 Å². The maximum atomic E-state index is 13.1. The number of carbonyl (C=O) groups excluding carboxylic acids is 2. The van der Waals surface area contributed by atoms with Gasteiger partial charge in [0.05, 0.1) is 0 Å². The van der Waals surface area contributed by atoms with Crippen LogP contribution in [-0.2, 0) is 9.59 Å². The molecular weight excluding hydrogens is 372 g/mol. The summed E-state index contributed by atoms with van der Waals surface area (Å²) in [6, 6.07) is 9.60. The monoisotopic (exact) mass is 404 g/mol. The van der Waals surface area contributed by atoms with Crippen molar-refractivity contribution in [3.8, 4) is 5.75 Å². The van der Waals surface area contributed by atoms with Crippen molar-refractivity contribution >= 4 is 11.6 Å². The normalized spacial score (nSPS) is 37.4. The van der Waals surface area contributed by atoms with Crippen LogP contribution < -0.4 is 4.74 Å². The third-order valence-electron chi connectivity index (χ3n) is 8.96. The minimum Gasteiger partial charge on any atom is -0.485 e. The van der Waals surface area contributed by atoms with E-state index in [1.54, 1.807) is 0 Å². The molecule has 158 valence electrons. The number of rotatable bonds is 4. The molecule has 0 heterocycles. The first-order valence-corrected chi connectivity index (χ1v) is 11.6. The van der Waals surface area contributed by atoms with E-state index in [0.717, 1.165) is 49.8 Å². The molecule has 0 saturated heterocycles. The lowest BCUT2D eigenvalue weighted by atomic mass is 9.47. The highest BCUT2D eigenvalue weighted by atomic mass is 16.5. The van der Waals surface area contributed by atoms with Gasteiger partial charge in [-0.1, -0.05) is 43.7 Å². The SMILES string of the molecule is C[C@]12CCC(=O)C=C1CC[C@@H]1[C@@H]2CC[C@]2(C)C(C(=O)COc3ccccc3)=CC[C@@H]12. The van der Waals surface area contributed by atoms with E-state index in [1.807, 2.05) is 36.4 Å². The third kappa shape index (κ3) is 3.01. The van der Waals surface area contributed by atoms with E-state index in [1.165, 1.54) is 5.57 Å². The molecule has 1 aromatic rings. The standard InChI is InChI=1S/C27H32O3/c1-26-14-12-19(28)16-18(26)8-9-21-22-10-11-24(27(22,2)15-13-23(21)26)25(29)17-30-20-6-4-3-5-7-20/h3-7,11,16,21-23H,8-10,12-15,17H2,1-2H3/t21-,22-,23-,26-,27-/m0/s1. The number of allylic oxidation sites excluding steroid dienone is 3. The van der Waals surface area contributed by atoms with E-state index < -0.39 is 0 Å². The van der Waals surface area contributed by atoms with Crippen LogP contribution in [0, 0.1) is 28.6 Å². The van der Waals surface area contributed by atoms with Gasteiger partial charge in [0.2, 0.25) is 0 Å². The number of ether oxygens (including phenoxy) is 1. The Labute approximate surface area is 179 Å². The first-order chi connectivity index (χ1) is 14.4. The number of fused-ring (bicyclic) bond motifs is 5. The van der Waals surface area contributed by atoms with Crippen molar-refractivity contribution < 1.29 is 14.3 Å². The minimum absolute atomic E-state index is 0.0274. The summed E-state index contributed by atoms with van der Waals surface area (Å²) in [5, 5.41) is 0. The van der Waals surface area contributed by atoms with Gasteiger partial charge in [-0.05, 0) is 85.3 Å². The number of benzene rings is 1. The predicted octanol–water partition coefficient (Wildman–Crippen LogP) is 5.70. The Morgan fingerprint density at radius 2 is 1.83 bits per heavy atom. The molecule has 0 amide bonds. The van der Waals surface area contributed by atoms with Gasteiger partial charge in [-0.2, -0.15) is 0 Å². The van der Waals surface area contributed by atoms with Crippen molar-refractivity contribution in [1.82, 2.24) is 0 Å². The molecule has 0 aromatic heterocycles. The third-order valence-corrected chi connectivity index (χ3v) is 8.96. The van der Waals surface area contributed by atoms with E-state index >= 15 is 0 Å². The zero-order valence-electron chi connectivity index (χ0n) is 18.2. The summed E-state index contributed by atoms with van der Waals surface area (Å²) in [5.41, 5.74) is 2.57. The molecule has 0 unspecified atom stereocenters. The van der Waals surface area contributed by atoms with Crippen LogP contribution in [-0.4, -0.2) is 18.2 Å². The number of ketones is 2. The molecule has 5 rings (SSSR count). The van der Waals surface area contributed by atoms with Gasteiger partial charge < -0.3 is 4.74 Å². The Morgan fingerprint density at radius 3 is 2.63 bits per heavy atom. The molecule has 4 aliphatic rings. The molecule has 1 aromatic carbocycles. The van der Waals surface area contributed by atoms with Crippen LogP contribution in [0.5, 0.6) is 5.75 Å². The Bertz CT molecular complexity index is 927. The second-order valence-electron chi connectivity index (χ2n) is 10.3. The molecule has 2 saturated carbocycles. The van der Waals surface area contributed by atoms with Crippen molar-refractivity contribution in [3.63, 3.8) is 0 Å². The van der Waals surface area contributed by atoms with Crippen LogP contribution in [0.4, 0.5) is 0 Å². The first kappa shape index (κ1) is 19.8. The van der Waals surface area contributed by atoms with Gasteiger partial charge in [0.15, 0.2) is 18.2 Å². The molecule has 0 N–H and O–H groups in total. The smallest absolute Gasteiger partial charge is 0.196 e. The van der Waals surface area contributed by atoms with Crippen molar-refractivity contribution in [3.05, 3.63) is 53.6 Å². The minimum atomic E-state index is -0.0274. The molecule has 3 nitrogen and oxygen atoms in total. The molecule has 2 fully saturated rings. The lowest BCUT2D eigenvalue weighted by Gasteiger charge is -2.57. The zero-order chi connectivity index (χ0) is 20.9. The van der Waals surface area contributed by atoms with Gasteiger partial charge in [0.1, 0.15) is 5.75 Å². The summed E-state index contributed by atoms with van der Waals surface area (Å²) in [6.07, 6.45) is 11.3. The molecule has 4 aliphatic carbocycles. The van der Waals surface area contributed by atoms with E-state index in [2.05, 4.69) is 19.9 Å². The largest absolute Gasteiger partial charge is 0.485 e. The first-order valence-electron chi connectivity index (χ1n) is 11.6. The average molecular weight is 405 g/mol. The highest BCUT2D eigenvalue weighted by Gasteiger charge is 2.57. The van der Waals surface area contributed by atoms with Gasteiger partial charge in [-0.25, -0.2) is 0 Å². The second-order valence-corrected chi connectivity index (χ2v) is 10.3. The Hall–Kier alpha value is -2.16. The summed E-state index contributed by atoms with van der Waals surface area (Å²) >= 11 is 0. The molecule has 0 bridgehead atoms. The average Bonchev–Trinajstić information content (AvgIpc) is 3.10. The molecule has 5 atom stereocenters. The van der Waals surface area contributed by atoms with Crippen LogP contribution in [0.15, 0.2) is 53.6 Å². The lowest BCUT2D eigenvalue weighted by molar-refractivity contribution is -0.121. The van der Waals surface area contributed by atoms with Crippen LogP contribution in [0.2, 0.25) is 0 Å². The molecule has 0 aliphatic heterocycles. The summed E-state index contributed by atoms with van der Waals surface area (Å²) in [4.78, 5) is 25.1. The maximum absolute atomic E-state index is 13.1. The molecule has 0 spiro atoms. The molecule has 30 heavy (non-hydrogen) atoms. The number of para-hydroxylation sites is 1. The van der Waals surface area contributed by atoms with Gasteiger partial charge in [0, 0.05) is 12.0 Å². The summed E-state index contributed by atoms with van der Waals surface area (Å²) in [7, 11) is 0. The molecule has 0 radical (unpaired) electrons. The Morgan fingerprint density at radius 1 is 1.03 bits per heavy atom. The highest BCUT2D eigenvalue weighted by molar-refractivity contribution is 5.98. The van der Waals surface area contributed by atoms with Crippen LogP contribution in [0.1, 0.15) is 58.8 Å². The van der Waals surface area contributed by atoms with Crippen molar-refractivity contribution in [2.75, 3.05) is 6.61 Å². The summed E-state index contributed by atoms with van der Waals surface area (Å²) in [6.45, 7) is 4.86.